The molecule has 6 N–H and O–H groups in total. The van der Waals surface area contributed by atoms with Crippen LogP contribution in [-0.2, 0) is 31.6 Å². The van der Waals surface area contributed by atoms with Crippen molar-refractivity contribution in [3.63, 3.8) is 0 Å². The minimum absolute atomic E-state index is 0. The van der Waals surface area contributed by atoms with E-state index in [1.807, 2.05) is 24.4 Å². The molecule has 4 aliphatic carbocycles. The van der Waals surface area contributed by atoms with Gasteiger partial charge in [-0.05, 0) is 267 Å². The number of halogens is 9. The van der Waals surface area contributed by atoms with E-state index in [0.29, 0.717) is 40.7 Å². The van der Waals surface area contributed by atoms with Gasteiger partial charge in [0.05, 0.1) is 12.2 Å². The molecule has 0 bridgehead atoms. The number of carbonyl (C=O) groups excluding carboxylic acids is 1. The maximum absolute atomic E-state index is 13.9. The third-order valence-corrected chi connectivity index (χ3v) is 34.4. The van der Waals surface area contributed by atoms with Crippen LogP contribution < -0.4 is 69.1 Å². The van der Waals surface area contributed by atoms with Crippen molar-refractivity contribution in [3.8, 4) is 0 Å². The molecule has 4 atom stereocenters. The molecule has 4 aliphatic rings. The van der Waals surface area contributed by atoms with E-state index in [0.717, 1.165) is 127 Å². The van der Waals surface area contributed by atoms with Crippen LogP contribution in [0.5, 0.6) is 0 Å². The standard InChI is InChI=1S/4C18H15P.C15H14F2N2S.C13H12F2O.C11H10F2O.C6H5BF2O2.C5H7BrO.Pd/c4*1-4-10-16(11-5-1)19(17-12-6-2-7-13-17)18-14-8-3-9-15-18;16-10-4-5-14(17)13(7-10)12-3-1-2-9(12)6-11-8-18-15(20)19-11;14-10-4-5-13(15)12(8-10)11-3-1-2-9(11)6-7-16;12-7-4-5-10(13)9(6-7)8-2-1-3-11(8)14;8-4-1-2-6(9)5(3-4)7(10)11;6-4-2-1-3-5(4)7;/h4*1-15H;3-5,7-9H,1-2,6H2,(H2,18,19,20);3-5,7-9H,1-2,6H2;2,4-6,11,14H,1,3H2;1-3,10-11H;2,5,7H,1,3H2;. The Labute approximate surface area is 876 Å². The molecule has 0 fully saturated rings. The van der Waals surface area contributed by atoms with Crippen LogP contribution in [-0.4, -0.2) is 55.8 Å². The fourth-order valence-corrected chi connectivity index (χ4v) is 26.6. The van der Waals surface area contributed by atoms with Crippen molar-refractivity contribution < 1.29 is 80.6 Å². The Kier molecular flexibility index (Phi) is 45.7. The van der Waals surface area contributed by atoms with Gasteiger partial charge >= 0.3 is 7.12 Å². The molecule has 145 heavy (non-hydrogen) atoms. The fourth-order valence-electron chi connectivity index (χ4n) is 16.7. The molecule has 0 amide bonds. The van der Waals surface area contributed by atoms with E-state index in [1.54, 1.807) is 6.08 Å². The molecule has 4 unspecified atom stereocenters. The zero-order chi connectivity index (χ0) is 101. The molecular weight excluding hydrogens is 2080 g/mol. The number of H-pyrrole nitrogens is 2. The molecule has 16 aromatic carbocycles. The Morgan fingerprint density at radius 2 is 0.559 bits per heavy atom. The Hall–Kier alpha value is -12.2. The summed E-state index contributed by atoms with van der Waals surface area (Å²) in [4.78, 5) is 16.5. The van der Waals surface area contributed by atoms with E-state index >= 15 is 0 Å². The minimum atomic E-state index is -1.97. The van der Waals surface area contributed by atoms with Gasteiger partial charge < -0.3 is 35.0 Å². The smallest absolute Gasteiger partial charge is 0.423 e. The molecule has 1 heterocycles. The third kappa shape index (κ3) is 33.9. The molecule has 1 aromatic heterocycles. The van der Waals surface area contributed by atoms with Crippen LogP contribution >= 0.6 is 59.8 Å². The van der Waals surface area contributed by atoms with Crippen LogP contribution in [0.3, 0.4) is 0 Å². The summed E-state index contributed by atoms with van der Waals surface area (Å²) >= 11 is 8.21. The van der Waals surface area contributed by atoms with Gasteiger partial charge in [0.1, 0.15) is 52.8 Å². The first kappa shape index (κ1) is 112. The van der Waals surface area contributed by atoms with E-state index in [2.05, 4.69) is 390 Å². The molecular formula is C122H108BBrF8N2O5P4PdS. The van der Waals surface area contributed by atoms with Gasteiger partial charge in [-0.1, -0.05) is 404 Å². The van der Waals surface area contributed by atoms with Crippen LogP contribution in [0.1, 0.15) is 80.2 Å². The van der Waals surface area contributed by atoms with Gasteiger partial charge in [-0.15, -0.1) is 0 Å². The third-order valence-electron chi connectivity index (χ3n) is 23.5. The summed E-state index contributed by atoms with van der Waals surface area (Å²) in [6, 6.07) is 142. The quantitative estimate of drug-likeness (QED) is 0.0148. The molecule has 0 aliphatic heterocycles. The summed E-state index contributed by atoms with van der Waals surface area (Å²) in [5.41, 5.74) is 3.55. The topological polar surface area (TPSA) is 130 Å². The van der Waals surface area contributed by atoms with Crippen LogP contribution in [0, 0.1) is 63.1 Å². The van der Waals surface area contributed by atoms with Gasteiger partial charge in [-0.3, -0.25) is 0 Å². The summed E-state index contributed by atoms with van der Waals surface area (Å²) in [6.07, 6.45) is 17.3. The number of aldehydes is 1. The maximum atomic E-state index is 13.9. The number of hydrogen-bond acceptors (Lipinski definition) is 6. The van der Waals surface area contributed by atoms with Gasteiger partial charge in [0.25, 0.3) is 0 Å². The summed E-state index contributed by atoms with van der Waals surface area (Å²) < 4.78 is 106. The first-order valence-electron chi connectivity index (χ1n) is 47.3. The minimum Gasteiger partial charge on any atom is -0.423 e. The van der Waals surface area contributed by atoms with Gasteiger partial charge in [-0.25, -0.2) is 35.1 Å². The summed E-state index contributed by atoms with van der Waals surface area (Å²) in [6.45, 7) is 0. The molecule has 7 nitrogen and oxygen atoms in total. The second kappa shape index (κ2) is 59.4. The molecule has 0 radical (unpaired) electrons. The molecule has 738 valence electrons. The maximum Gasteiger partial charge on any atom is 0.491 e. The summed E-state index contributed by atoms with van der Waals surface area (Å²) in [5, 5.41) is 52.1. The second-order valence-corrected chi connectivity index (χ2v) is 43.7. The zero-order valence-electron chi connectivity index (χ0n) is 79.1. The molecule has 0 saturated carbocycles. The number of aliphatic hydroxyl groups is 2. The van der Waals surface area contributed by atoms with Gasteiger partial charge in [-0.2, -0.15) is 0 Å². The van der Waals surface area contributed by atoms with Gasteiger partial charge in [0.2, 0.25) is 0 Å². The Morgan fingerprint density at radius 3 is 0.786 bits per heavy atom. The molecule has 21 rings (SSSR count). The first-order chi connectivity index (χ1) is 70.2. The molecule has 0 saturated heterocycles. The monoisotopic (exact) mass is 2180 g/mol. The van der Waals surface area contributed by atoms with Crippen LogP contribution in [0.15, 0.2) is 472 Å². The number of aromatic amines is 2. The number of rotatable bonds is 20. The molecule has 0 spiro atoms. The van der Waals surface area contributed by atoms with Crippen LogP contribution in [0.2, 0.25) is 0 Å². The van der Waals surface area contributed by atoms with E-state index in [9.17, 15) is 45.0 Å². The number of allylic oxidation sites excluding steroid dienone is 6. The van der Waals surface area contributed by atoms with Gasteiger partial charge in [0.15, 0.2) is 4.77 Å². The van der Waals surface area contributed by atoms with Crippen molar-refractivity contribution in [2.24, 2.45) is 11.8 Å². The normalized spacial score (nSPS) is 14.5. The van der Waals surface area contributed by atoms with Crippen LogP contribution in [0.4, 0.5) is 35.1 Å². The number of hydrogen-bond donors (Lipinski definition) is 6. The summed E-state index contributed by atoms with van der Waals surface area (Å²) in [7, 11) is -3.75. The van der Waals surface area contributed by atoms with Crippen LogP contribution in [0.25, 0.3) is 16.7 Å². The zero-order valence-corrected chi connectivity index (χ0v) is 86.6. The molecule has 23 heteroatoms. The largest absolute Gasteiger partial charge is 0.491 e. The number of carbonyl (C=O) groups is 1. The number of aliphatic hydroxyl groups excluding tert-OH is 2. The summed E-state index contributed by atoms with van der Waals surface area (Å²) in [5.74, 6) is -3.93. The second-order valence-electron chi connectivity index (χ2n) is 33.5. The Morgan fingerprint density at radius 1 is 0.317 bits per heavy atom. The van der Waals surface area contributed by atoms with Crippen molar-refractivity contribution in [2.75, 3.05) is 0 Å². The number of imidazole rings is 1. The van der Waals surface area contributed by atoms with Gasteiger partial charge in [0, 0.05) is 65.4 Å². The number of benzene rings is 16. The van der Waals surface area contributed by atoms with E-state index in [1.165, 1.54) is 81.9 Å². The van der Waals surface area contributed by atoms with E-state index in [-0.39, 0.29) is 49.7 Å². The van der Waals surface area contributed by atoms with Crippen molar-refractivity contribution >= 4 is 159 Å². The Bertz CT molecular complexity index is 6140. The predicted octanol–water partition coefficient (Wildman–Crippen LogP) is 25.1. The average molecular weight is 2190 g/mol. The average Bonchev–Trinajstić information content (AvgIpc) is 1.25. The van der Waals surface area contributed by atoms with Crippen molar-refractivity contribution in [1.82, 2.24) is 9.97 Å². The van der Waals surface area contributed by atoms with Crippen molar-refractivity contribution in [3.05, 3.63) is 545 Å². The van der Waals surface area contributed by atoms with E-state index < -0.39 is 91.1 Å². The first-order valence-corrected chi connectivity index (χ1v) is 53.8. The van der Waals surface area contributed by atoms with Crippen molar-refractivity contribution in [1.29, 1.82) is 0 Å². The van der Waals surface area contributed by atoms with E-state index in [4.69, 9.17) is 27.4 Å². The number of nitrogens with one attached hydrogen (secondary N) is 2. The predicted molar refractivity (Wildman–Crippen MR) is 593 cm³/mol. The number of aromatic nitrogens is 2. The fraction of sp³-hybridized carbons (Fsp3) is 0.115. The Balaban J connectivity index is 0.000000147. The molecule has 17 aromatic rings. The van der Waals surface area contributed by atoms with Crippen molar-refractivity contribution in [2.45, 2.75) is 76.4 Å². The SMILES string of the molecule is Fc1ccc(F)c(C2=CCCC2Cc2c[nH]c(=S)[nH]2)c1.O=CCC1CCC=C1c1cc(F)ccc1F.OB(O)c1cc(F)ccc1F.OC1CCC=C1Br.OC1CCC=C1c1cc(F)ccc1F.[Pd].c1ccc(P(c2ccccc2)c2ccccc2)cc1.c1ccc(P(c2ccccc2)c2ccccc2)cc1.c1ccc(P(c2ccccc2)c2ccccc2)cc1.c1ccc(P(c2ccccc2)c2ccccc2)cc1.